The number of carbonyl (C=O) groups excluding carboxylic acids is 1. The number of β-amino-alcohol motifs (C(OH)–C–C–N with tert-alkyl or cyclic N) is 1. The third kappa shape index (κ3) is 3.09. The van der Waals surface area contributed by atoms with Gasteiger partial charge in [-0.15, -0.1) is 0 Å². The van der Waals surface area contributed by atoms with Gasteiger partial charge < -0.3 is 15.7 Å². The first kappa shape index (κ1) is 11.2. The Labute approximate surface area is 94.2 Å². The normalized spacial score (nSPS) is 36.5. The molecule has 0 spiro atoms. The Morgan fingerprint density at radius 1 is 1.53 bits per heavy atom. The first-order chi connectivity index (χ1) is 7.25. The van der Waals surface area contributed by atoms with Crippen LogP contribution in [0.15, 0.2) is 0 Å². The molecule has 15 heavy (non-hydrogen) atoms. The summed E-state index contributed by atoms with van der Waals surface area (Å²) in [7, 11) is 0. The van der Waals surface area contributed by atoms with Gasteiger partial charge in [-0.05, 0) is 25.0 Å². The second kappa shape index (κ2) is 5.18. The molecule has 0 bridgehead atoms. The van der Waals surface area contributed by atoms with Crippen molar-refractivity contribution in [2.75, 3.05) is 18.1 Å². The zero-order chi connectivity index (χ0) is 10.7. The summed E-state index contributed by atoms with van der Waals surface area (Å²) < 4.78 is 0. The standard InChI is InChI=1S/C10H18N2O2S/c13-8-4-9(11-5-8)10(14)12-7-2-1-3-15-6-7/h7-9,11,13H,1-6H2,(H,12,14). The number of hydrogen-bond donors (Lipinski definition) is 3. The van der Waals surface area contributed by atoms with Crippen molar-refractivity contribution in [3.8, 4) is 0 Å². The van der Waals surface area contributed by atoms with Crippen molar-refractivity contribution in [1.82, 2.24) is 10.6 Å². The maximum atomic E-state index is 11.8. The van der Waals surface area contributed by atoms with Crippen molar-refractivity contribution < 1.29 is 9.90 Å². The molecule has 2 heterocycles. The highest BCUT2D eigenvalue weighted by Gasteiger charge is 2.29. The Morgan fingerprint density at radius 3 is 3.00 bits per heavy atom. The number of amides is 1. The van der Waals surface area contributed by atoms with Crippen molar-refractivity contribution in [2.24, 2.45) is 0 Å². The van der Waals surface area contributed by atoms with E-state index in [9.17, 15) is 9.90 Å². The van der Waals surface area contributed by atoms with Gasteiger partial charge >= 0.3 is 0 Å². The molecule has 3 N–H and O–H groups in total. The zero-order valence-electron chi connectivity index (χ0n) is 8.74. The van der Waals surface area contributed by atoms with Gasteiger partial charge in [-0.1, -0.05) is 0 Å². The molecule has 0 saturated carbocycles. The highest BCUT2D eigenvalue weighted by Crippen LogP contribution is 2.17. The van der Waals surface area contributed by atoms with Crippen molar-refractivity contribution >= 4 is 17.7 Å². The second-order valence-corrected chi connectivity index (χ2v) is 5.42. The van der Waals surface area contributed by atoms with E-state index in [2.05, 4.69) is 10.6 Å². The first-order valence-electron chi connectivity index (χ1n) is 5.55. The molecule has 0 aromatic heterocycles. The molecule has 86 valence electrons. The molecule has 2 aliphatic heterocycles. The molecule has 0 aromatic rings. The molecular weight excluding hydrogens is 212 g/mol. The number of carbonyl (C=O) groups is 1. The summed E-state index contributed by atoms with van der Waals surface area (Å²) in [4.78, 5) is 11.8. The highest BCUT2D eigenvalue weighted by molar-refractivity contribution is 7.99. The van der Waals surface area contributed by atoms with Gasteiger partial charge in [0.25, 0.3) is 0 Å². The fourth-order valence-electron chi connectivity index (χ4n) is 2.07. The predicted octanol–water partition coefficient (Wildman–Crippen LogP) is -0.279. The van der Waals surface area contributed by atoms with Crippen molar-refractivity contribution in [1.29, 1.82) is 0 Å². The van der Waals surface area contributed by atoms with E-state index in [0.717, 1.165) is 12.2 Å². The molecule has 4 nitrogen and oxygen atoms in total. The van der Waals surface area contributed by atoms with Gasteiger partial charge in [0.1, 0.15) is 0 Å². The van der Waals surface area contributed by atoms with E-state index in [1.165, 1.54) is 12.2 Å². The molecule has 0 aliphatic carbocycles. The van der Waals surface area contributed by atoms with E-state index in [0.29, 0.717) is 19.0 Å². The molecule has 0 aromatic carbocycles. The molecule has 0 radical (unpaired) electrons. The van der Waals surface area contributed by atoms with Crippen LogP contribution in [0.5, 0.6) is 0 Å². The highest BCUT2D eigenvalue weighted by atomic mass is 32.2. The van der Waals surface area contributed by atoms with Gasteiger partial charge in [0.2, 0.25) is 5.91 Å². The summed E-state index contributed by atoms with van der Waals surface area (Å²) in [5, 5.41) is 15.4. The Hall–Kier alpha value is -0.260. The third-order valence-corrected chi connectivity index (χ3v) is 4.15. The average Bonchev–Trinajstić information content (AvgIpc) is 2.66. The molecule has 5 heteroatoms. The smallest absolute Gasteiger partial charge is 0.237 e. The monoisotopic (exact) mass is 230 g/mol. The molecule has 3 atom stereocenters. The van der Waals surface area contributed by atoms with E-state index >= 15 is 0 Å². The van der Waals surface area contributed by atoms with Crippen LogP contribution >= 0.6 is 11.8 Å². The minimum Gasteiger partial charge on any atom is -0.392 e. The summed E-state index contributed by atoms with van der Waals surface area (Å²) in [6.45, 7) is 0.539. The van der Waals surface area contributed by atoms with Gasteiger partial charge in [-0.3, -0.25) is 4.79 Å². The molecule has 2 fully saturated rings. The SMILES string of the molecule is O=C(NC1CCCSC1)C1CC(O)CN1. The largest absolute Gasteiger partial charge is 0.392 e. The van der Waals surface area contributed by atoms with Crippen molar-refractivity contribution in [3.63, 3.8) is 0 Å². The van der Waals surface area contributed by atoms with Gasteiger partial charge in [-0.25, -0.2) is 0 Å². The van der Waals surface area contributed by atoms with Crippen LogP contribution in [0, 0.1) is 0 Å². The summed E-state index contributed by atoms with van der Waals surface area (Å²) in [6, 6.07) is 0.141. The Morgan fingerprint density at radius 2 is 2.40 bits per heavy atom. The minimum absolute atomic E-state index is 0.0547. The number of thioether (sulfide) groups is 1. The van der Waals surface area contributed by atoms with Crippen LogP contribution < -0.4 is 10.6 Å². The van der Waals surface area contributed by atoms with E-state index in [-0.39, 0.29) is 18.1 Å². The predicted molar refractivity (Wildman–Crippen MR) is 60.9 cm³/mol. The second-order valence-electron chi connectivity index (χ2n) is 4.27. The minimum atomic E-state index is -0.360. The lowest BCUT2D eigenvalue weighted by Crippen LogP contribution is -2.46. The lowest BCUT2D eigenvalue weighted by Gasteiger charge is -2.24. The molecule has 2 saturated heterocycles. The van der Waals surface area contributed by atoms with Gasteiger partial charge in [-0.2, -0.15) is 11.8 Å². The molecule has 1 amide bonds. The van der Waals surface area contributed by atoms with E-state index in [1.807, 2.05) is 11.8 Å². The van der Waals surface area contributed by atoms with Crippen LogP contribution in [0.2, 0.25) is 0 Å². The topological polar surface area (TPSA) is 61.4 Å². The van der Waals surface area contributed by atoms with Crippen LogP contribution in [0.25, 0.3) is 0 Å². The molecule has 2 aliphatic rings. The quantitative estimate of drug-likeness (QED) is 0.611. The average molecular weight is 230 g/mol. The summed E-state index contributed by atoms with van der Waals surface area (Å²) in [6.07, 6.45) is 2.47. The summed E-state index contributed by atoms with van der Waals surface area (Å²) in [5.74, 6) is 2.30. The maximum Gasteiger partial charge on any atom is 0.237 e. The fraction of sp³-hybridized carbons (Fsp3) is 0.900. The summed E-state index contributed by atoms with van der Waals surface area (Å²) in [5.41, 5.74) is 0. The van der Waals surface area contributed by atoms with Gasteiger partial charge in [0.05, 0.1) is 12.1 Å². The number of hydrogen-bond acceptors (Lipinski definition) is 4. The Kier molecular flexibility index (Phi) is 3.88. The third-order valence-electron chi connectivity index (χ3n) is 2.93. The molecule has 2 rings (SSSR count). The Balaban J connectivity index is 1.76. The summed E-state index contributed by atoms with van der Waals surface area (Å²) >= 11 is 1.90. The number of rotatable bonds is 2. The number of aliphatic hydroxyl groups excluding tert-OH is 1. The van der Waals surface area contributed by atoms with Gasteiger partial charge in [0, 0.05) is 18.3 Å². The fourth-order valence-corrected chi connectivity index (χ4v) is 3.15. The van der Waals surface area contributed by atoms with Crippen LogP contribution in [0.3, 0.4) is 0 Å². The van der Waals surface area contributed by atoms with Crippen LogP contribution in [0.4, 0.5) is 0 Å². The van der Waals surface area contributed by atoms with Crippen LogP contribution in [-0.4, -0.2) is 47.3 Å². The number of nitrogens with one attached hydrogen (secondary N) is 2. The maximum absolute atomic E-state index is 11.8. The zero-order valence-corrected chi connectivity index (χ0v) is 9.55. The lowest BCUT2D eigenvalue weighted by atomic mass is 10.1. The molecule has 3 unspecified atom stereocenters. The van der Waals surface area contributed by atoms with Crippen LogP contribution in [-0.2, 0) is 4.79 Å². The lowest BCUT2D eigenvalue weighted by molar-refractivity contribution is -0.123. The van der Waals surface area contributed by atoms with Crippen LogP contribution in [0.1, 0.15) is 19.3 Å². The first-order valence-corrected chi connectivity index (χ1v) is 6.71. The van der Waals surface area contributed by atoms with Gasteiger partial charge in [0.15, 0.2) is 0 Å². The van der Waals surface area contributed by atoms with Crippen molar-refractivity contribution in [3.05, 3.63) is 0 Å². The van der Waals surface area contributed by atoms with E-state index in [1.54, 1.807) is 0 Å². The van der Waals surface area contributed by atoms with Crippen molar-refractivity contribution in [2.45, 2.75) is 37.5 Å². The number of aliphatic hydroxyl groups is 1. The Bertz CT molecular complexity index is 231. The van der Waals surface area contributed by atoms with E-state index < -0.39 is 0 Å². The molecular formula is C10H18N2O2S. The van der Waals surface area contributed by atoms with E-state index in [4.69, 9.17) is 0 Å².